The van der Waals surface area contributed by atoms with E-state index in [0.29, 0.717) is 10.6 Å². The third-order valence-electron chi connectivity index (χ3n) is 7.44. The molecular weight excluding hydrogens is 606 g/mol. The van der Waals surface area contributed by atoms with Crippen molar-refractivity contribution in [1.82, 2.24) is 9.21 Å². The van der Waals surface area contributed by atoms with Crippen LogP contribution >= 0.6 is 11.6 Å². The number of hydrogen-bond donors (Lipinski definition) is 0. The van der Waals surface area contributed by atoms with Gasteiger partial charge in [0.2, 0.25) is 10.0 Å². The van der Waals surface area contributed by atoms with Gasteiger partial charge in [-0.3, -0.25) is 9.10 Å². The molecule has 1 aliphatic rings. The topological polar surface area (TPSA) is 95.1 Å². The minimum absolute atomic E-state index is 0.0275. The first-order valence-corrected chi connectivity index (χ1v) is 17.0. The molecule has 224 valence electrons. The van der Waals surface area contributed by atoms with Crippen LogP contribution in [-0.2, 0) is 26.6 Å². The highest BCUT2D eigenvalue weighted by Gasteiger charge is 2.33. The Kier molecular flexibility index (Phi) is 8.94. The third-order valence-corrected chi connectivity index (χ3v) is 11.4. The molecular formula is C32H32ClN3O5S2. The standard InChI is InChI=1S/C32H32ClN3O5S2/c1-24-7-15-28(16-8-24)42(38,39)35-21-19-34(20-22-35)32(37)30-5-3-4-6-31(30)36(23-26-11-13-27(33)14-12-26)43(40,41)29-17-9-25(2)10-18-29/h3-18H,19-23H2,1-2H3. The smallest absolute Gasteiger partial charge is 0.264 e. The summed E-state index contributed by atoms with van der Waals surface area (Å²) >= 11 is 6.07. The minimum Gasteiger partial charge on any atom is -0.336 e. The minimum atomic E-state index is -4.09. The lowest BCUT2D eigenvalue weighted by atomic mass is 10.1. The number of para-hydroxylation sites is 1. The Labute approximate surface area is 258 Å². The lowest BCUT2D eigenvalue weighted by Gasteiger charge is -2.35. The normalized spacial score (nSPS) is 14.4. The van der Waals surface area contributed by atoms with Crippen LogP contribution in [0.3, 0.4) is 0 Å². The first-order valence-electron chi connectivity index (χ1n) is 13.8. The van der Waals surface area contributed by atoms with Gasteiger partial charge >= 0.3 is 0 Å². The highest BCUT2D eigenvalue weighted by atomic mass is 35.5. The van der Waals surface area contributed by atoms with E-state index in [4.69, 9.17) is 11.6 Å². The highest BCUT2D eigenvalue weighted by Crippen LogP contribution is 2.31. The van der Waals surface area contributed by atoms with Crippen molar-refractivity contribution in [2.24, 2.45) is 0 Å². The summed E-state index contributed by atoms with van der Waals surface area (Å²) in [5.74, 6) is -0.372. The summed E-state index contributed by atoms with van der Waals surface area (Å²) in [7, 11) is -7.79. The molecule has 8 nitrogen and oxygen atoms in total. The Morgan fingerprint density at radius 1 is 0.721 bits per heavy atom. The molecule has 0 aliphatic carbocycles. The predicted molar refractivity (Wildman–Crippen MR) is 168 cm³/mol. The van der Waals surface area contributed by atoms with E-state index in [1.54, 1.807) is 102 Å². The predicted octanol–water partition coefficient (Wildman–Crippen LogP) is 5.50. The summed E-state index contributed by atoms with van der Waals surface area (Å²) in [5.41, 5.74) is 3.02. The third kappa shape index (κ3) is 6.62. The Morgan fingerprint density at radius 2 is 1.26 bits per heavy atom. The number of nitrogens with zero attached hydrogens (tertiary/aromatic N) is 3. The molecule has 0 radical (unpaired) electrons. The zero-order valence-corrected chi connectivity index (χ0v) is 26.2. The molecule has 1 fully saturated rings. The van der Waals surface area contributed by atoms with Crippen LogP contribution in [0.4, 0.5) is 5.69 Å². The van der Waals surface area contributed by atoms with E-state index in [1.165, 1.54) is 8.61 Å². The molecule has 11 heteroatoms. The molecule has 0 spiro atoms. The molecule has 43 heavy (non-hydrogen) atoms. The van der Waals surface area contributed by atoms with Gasteiger partial charge in [-0.05, 0) is 67.9 Å². The fraction of sp³-hybridized carbons (Fsp3) is 0.219. The van der Waals surface area contributed by atoms with Crippen LogP contribution in [0, 0.1) is 13.8 Å². The number of carbonyl (C=O) groups excluding carboxylic acids is 1. The first-order chi connectivity index (χ1) is 20.5. The van der Waals surface area contributed by atoms with Gasteiger partial charge in [0.05, 0.1) is 27.6 Å². The first kappa shape index (κ1) is 30.7. The number of aryl methyl sites for hydroxylation is 2. The van der Waals surface area contributed by atoms with Crippen molar-refractivity contribution >= 4 is 43.2 Å². The Hall–Kier alpha value is -3.70. The molecule has 0 unspecified atom stereocenters. The number of amides is 1. The molecule has 0 saturated carbocycles. The molecule has 0 bridgehead atoms. The SMILES string of the molecule is Cc1ccc(S(=O)(=O)N2CCN(C(=O)c3ccccc3N(Cc3ccc(Cl)cc3)S(=O)(=O)c3ccc(C)cc3)CC2)cc1. The summed E-state index contributed by atoms with van der Waals surface area (Å²) in [5, 5.41) is 0.524. The van der Waals surface area contributed by atoms with E-state index in [0.717, 1.165) is 11.1 Å². The van der Waals surface area contributed by atoms with Crippen molar-refractivity contribution in [1.29, 1.82) is 0 Å². The number of piperazine rings is 1. The van der Waals surface area contributed by atoms with Crippen molar-refractivity contribution < 1.29 is 21.6 Å². The van der Waals surface area contributed by atoms with Crippen LogP contribution < -0.4 is 4.31 Å². The molecule has 1 saturated heterocycles. The summed E-state index contributed by atoms with van der Waals surface area (Å²) in [6.45, 7) is 4.32. The van der Waals surface area contributed by atoms with Gasteiger partial charge in [-0.15, -0.1) is 0 Å². The molecule has 0 N–H and O–H groups in total. The maximum absolute atomic E-state index is 14.1. The average molecular weight is 638 g/mol. The molecule has 1 aliphatic heterocycles. The number of rotatable bonds is 8. The molecule has 0 aromatic heterocycles. The lowest BCUT2D eigenvalue weighted by molar-refractivity contribution is 0.0698. The second-order valence-corrected chi connectivity index (χ2v) is 14.7. The zero-order chi connectivity index (χ0) is 30.8. The second-order valence-electron chi connectivity index (χ2n) is 10.5. The molecule has 1 heterocycles. The Balaban J connectivity index is 1.44. The van der Waals surface area contributed by atoms with Crippen molar-refractivity contribution in [3.8, 4) is 0 Å². The molecule has 1 amide bonds. The van der Waals surface area contributed by atoms with E-state index < -0.39 is 20.0 Å². The number of halogens is 1. The van der Waals surface area contributed by atoms with Crippen molar-refractivity contribution in [3.63, 3.8) is 0 Å². The maximum Gasteiger partial charge on any atom is 0.264 e. The van der Waals surface area contributed by atoms with Crippen LogP contribution in [0.1, 0.15) is 27.0 Å². The number of sulfonamides is 2. The van der Waals surface area contributed by atoms with Gasteiger partial charge < -0.3 is 4.90 Å². The molecule has 5 rings (SSSR count). The number of benzene rings is 4. The van der Waals surface area contributed by atoms with E-state index in [2.05, 4.69) is 0 Å². The largest absolute Gasteiger partial charge is 0.336 e. The summed E-state index contributed by atoms with van der Waals surface area (Å²) in [4.78, 5) is 15.8. The van der Waals surface area contributed by atoms with E-state index in [9.17, 15) is 21.6 Å². The number of anilines is 1. The van der Waals surface area contributed by atoms with Crippen molar-refractivity contribution in [2.45, 2.75) is 30.2 Å². The summed E-state index contributed by atoms with van der Waals surface area (Å²) in [6, 6.07) is 26.7. The molecule has 4 aromatic rings. The van der Waals surface area contributed by atoms with Crippen LogP contribution in [0.25, 0.3) is 0 Å². The zero-order valence-electron chi connectivity index (χ0n) is 23.9. The van der Waals surface area contributed by atoms with Crippen LogP contribution in [0.5, 0.6) is 0 Å². The maximum atomic E-state index is 14.1. The van der Waals surface area contributed by atoms with Gasteiger partial charge in [-0.25, -0.2) is 16.8 Å². The van der Waals surface area contributed by atoms with E-state index >= 15 is 0 Å². The van der Waals surface area contributed by atoms with Gasteiger partial charge in [0, 0.05) is 31.2 Å². The van der Waals surface area contributed by atoms with Crippen LogP contribution in [-0.4, -0.2) is 58.1 Å². The highest BCUT2D eigenvalue weighted by molar-refractivity contribution is 7.92. The van der Waals surface area contributed by atoms with Gasteiger partial charge in [0.1, 0.15) is 0 Å². The van der Waals surface area contributed by atoms with Gasteiger partial charge in [0.25, 0.3) is 15.9 Å². The average Bonchev–Trinajstić information content (AvgIpc) is 3.01. The van der Waals surface area contributed by atoms with E-state index in [1.807, 2.05) is 13.8 Å². The van der Waals surface area contributed by atoms with Gasteiger partial charge in [-0.2, -0.15) is 4.31 Å². The van der Waals surface area contributed by atoms with Crippen molar-refractivity contribution in [2.75, 3.05) is 30.5 Å². The van der Waals surface area contributed by atoms with Crippen LogP contribution in [0.2, 0.25) is 5.02 Å². The quantitative estimate of drug-likeness (QED) is 0.254. The van der Waals surface area contributed by atoms with Gasteiger partial charge in [0.15, 0.2) is 0 Å². The van der Waals surface area contributed by atoms with Gasteiger partial charge in [-0.1, -0.05) is 71.3 Å². The lowest BCUT2D eigenvalue weighted by Crippen LogP contribution is -2.50. The van der Waals surface area contributed by atoms with E-state index in [-0.39, 0.29) is 59.7 Å². The number of hydrogen-bond acceptors (Lipinski definition) is 5. The summed E-state index contributed by atoms with van der Waals surface area (Å²) < 4.78 is 57.2. The Bertz CT molecular complexity index is 1820. The monoisotopic (exact) mass is 637 g/mol. The Morgan fingerprint density at radius 3 is 1.84 bits per heavy atom. The molecule has 0 atom stereocenters. The summed E-state index contributed by atoms with van der Waals surface area (Å²) in [6.07, 6.45) is 0. The van der Waals surface area contributed by atoms with Crippen molar-refractivity contribution in [3.05, 3.63) is 124 Å². The number of carbonyl (C=O) groups is 1. The fourth-order valence-corrected chi connectivity index (χ4v) is 7.95. The molecule has 4 aromatic carbocycles. The van der Waals surface area contributed by atoms with Crippen LogP contribution in [0.15, 0.2) is 107 Å². The second kappa shape index (κ2) is 12.5. The fourth-order valence-electron chi connectivity index (χ4n) is 4.93.